The van der Waals surface area contributed by atoms with Crippen LogP contribution in [-0.4, -0.2) is 12.1 Å². The van der Waals surface area contributed by atoms with E-state index in [9.17, 15) is 4.79 Å². The number of unbranched alkanes of at least 4 members (excludes halogenated alkanes) is 3. The Hall–Kier alpha value is -2.68. The molecule has 0 fully saturated rings. The zero-order valence-electron chi connectivity index (χ0n) is 14.7. The molecule has 0 aromatic heterocycles. The molecule has 25 heavy (non-hydrogen) atoms. The van der Waals surface area contributed by atoms with Crippen LogP contribution in [0.25, 0.3) is 21.5 Å². The normalized spacial score (nSPS) is 11.4. The second-order valence-corrected chi connectivity index (χ2v) is 6.34. The van der Waals surface area contributed by atoms with E-state index in [2.05, 4.69) is 47.8 Å². The van der Waals surface area contributed by atoms with E-state index in [1.165, 1.54) is 23.6 Å². The molecule has 3 heteroatoms. The summed E-state index contributed by atoms with van der Waals surface area (Å²) in [6.07, 6.45) is 6.68. The first-order valence-electron chi connectivity index (χ1n) is 9.02. The van der Waals surface area contributed by atoms with Crippen molar-refractivity contribution in [1.82, 2.24) is 5.43 Å². The summed E-state index contributed by atoms with van der Waals surface area (Å²) < 4.78 is 0. The average molecular weight is 332 g/mol. The van der Waals surface area contributed by atoms with Crippen molar-refractivity contribution in [2.24, 2.45) is 5.10 Å². The largest absolute Gasteiger partial charge is 0.273 e. The van der Waals surface area contributed by atoms with Crippen molar-refractivity contribution >= 4 is 33.7 Å². The predicted octanol–water partition coefficient (Wildman–Crippen LogP) is 5.41. The van der Waals surface area contributed by atoms with Crippen molar-refractivity contribution in [2.75, 3.05) is 0 Å². The van der Waals surface area contributed by atoms with Crippen LogP contribution in [-0.2, 0) is 4.79 Å². The lowest BCUT2D eigenvalue weighted by molar-refractivity contribution is -0.121. The highest BCUT2D eigenvalue weighted by Gasteiger charge is 2.05. The Morgan fingerprint density at radius 3 is 2.24 bits per heavy atom. The molecule has 0 aliphatic carbocycles. The SMILES string of the molecule is CCCCCCC(=O)NN=Cc1c2ccccc2cc2ccccc12. The van der Waals surface area contributed by atoms with E-state index >= 15 is 0 Å². The van der Waals surface area contributed by atoms with Gasteiger partial charge in [-0.05, 0) is 34.0 Å². The van der Waals surface area contributed by atoms with Crippen molar-refractivity contribution in [3.05, 3.63) is 60.2 Å². The number of rotatable bonds is 7. The van der Waals surface area contributed by atoms with E-state index in [-0.39, 0.29) is 5.91 Å². The lowest BCUT2D eigenvalue weighted by Crippen LogP contribution is -2.16. The standard InChI is InChI=1S/C22H24N2O/c1-2-3-4-5-14-22(25)24-23-16-21-19-12-8-6-10-17(19)15-18-11-7-9-13-20(18)21/h6-13,15-16H,2-5,14H2,1H3,(H,24,25). The molecule has 0 saturated carbocycles. The van der Waals surface area contributed by atoms with Gasteiger partial charge in [0.2, 0.25) is 5.91 Å². The van der Waals surface area contributed by atoms with Crippen LogP contribution in [0.4, 0.5) is 0 Å². The van der Waals surface area contributed by atoms with Gasteiger partial charge in [-0.25, -0.2) is 5.43 Å². The first-order valence-corrected chi connectivity index (χ1v) is 9.02. The minimum absolute atomic E-state index is 0.0168. The average Bonchev–Trinajstić information content (AvgIpc) is 2.64. The minimum Gasteiger partial charge on any atom is -0.273 e. The number of hydrazone groups is 1. The van der Waals surface area contributed by atoms with Crippen molar-refractivity contribution in [3.8, 4) is 0 Å². The third-order valence-corrected chi connectivity index (χ3v) is 4.45. The Labute approximate surface area is 148 Å². The second-order valence-electron chi connectivity index (χ2n) is 6.34. The molecule has 1 amide bonds. The Bertz CT molecular complexity index is 845. The molecule has 3 rings (SSSR count). The number of carbonyl (C=O) groups is 1. The van der Waals surface area contributed by atoms with Gasteiger partial charge >= 0.3 is 0 Å². The number of benzene rings is 3. The van der Waals surface area contributed by atoms with Crippen molar-refractivity contribution in [3.63, 3.8) is 0 Å². The van der Waals surface area contributed by atoms with E-state index in [0.29, 0.717) is 6.42 Å². The van der Waals surface area contributed by atoms with Gasteiger partial charge in [0, 0.05) is 12.0 Å². The molecule has 3 nitrogen and oxygen atoms in total. The maximum atomic E-state index is 11.9. The van der Waals surface area contributed by atoms with Gasteiger partial charge in [0.25, 0.3) is 0 Å². The quantitative estimate of drug-likeness (QED) is 0.267. The third-order valence-electron chi connectivity index (χ3n) is 4.45. The van der Waals surface area contributed by atoms with Crippen LogP contribution in [0.2, 0.25) is 0 Å². The first kappa shape index (κ1) is 17.2. The van der Waals surface area contributed by atoms with E-state index in [1.54, 1.807) is 6.21 Å². The molecule has 0 spiro atoms. The number of hydrogen-bond donors (Lipinski definition) is 1. The molecule has 0 bridgehead atoms. The lowest BCUT2D eigenvalue weighted by Gasteiger charge is -2.08. The summed E-state index contributed by atoms with van der Waals surface area (Å²) in [6.45, 7) is 2.17. The van der Waals surface area contributed by atoms with Gasteiger partial charge in [-0.15, -0.1) is 0 Å². The number of hydrogen-bond acceptors (Lipinski definition) is 2. The van der Waals surface area contributed by atoms with Gasteiger partial charge in [-0.1, -0.05) is 74.7 Å². The van der Waals surface area contributed by atoms with E-state index in [1.807, 2.05) is 24.3 Å². The van der Waals surface area contributed by atoms with Crippen LogP contribution in [0, 0.1) is 0 Å². The van der Waals surface area contributed by atoms with Gasteiger partial charge in [0.15, 0.2) is 0 Å². The van der Waals surface area contributed by atoms with E-state index < -0.39 is 0 Å². The highest BCUT2D eigenvalue weighted by molar-refractivity contribution is 6.13. The Kier molecular flexibility index (Phi) is 5.78. The van der Waals surface area contributed by atoms with Gasteiger partial charge in [0.05, 0.1) is 6.21 Å². The van der Waals surface area contributed by atoms with Gasteiger partial charge in [0.1, 0.15) is 0 Å². The fourth-order valence-electron chi connectivity index (χ4n) is 3.13. The molecule has 3 aromatic carbocycles. The fourth-order valence-corrected chi connectivity index (χ4v) is 3.13. The number of amides is 1. The van der Waals surface area contributed by atoms with Crippen LogP contribution < -0.4 is 5.43 Å². The van der Waals surface area contributed by atoms with Crippen LogP contribution in [0.5, 0.6) is 0 Å². The predicted molar refractivity (Wildman–Crippen MR) is 106 cm³/mol. The zero-order valence-corrected chi connectivity index (χ0v) is 14.7. The summed E-state index contributed by atoms with van der Waals surface area (Å²) in [6, 6.07) is 18.7. The molecule has 0 saturated heterocycles. The monoisotopic (exact) mass is 332 g/mol. The summed E-state index contributed by atoms with van der Waals surface area (Å²) in [5, 5.41) is 8.85. The molecule has 128 valence electrons. The minimum atomic E-state index is -0.0168. The Balaban J connectivity index is 1.81. The lowest BCUT2D eigenvalue weighted by atomic mass is 9.97. The van der Waals surface area contributed by atoms with Gasteiger partial charge < -0.3 is 0 Å². The fraction of sp³-hybridized carbons (Fsp3) is 0.273. The highest BCUT2D eigenvalue weighted by atomic mass is 16.2. The second kappa shape index (κ2) is 8.43. The maximum absolute atomic E-state index is 11.9. The van der Waals surface area contributed by atoms with Crippen LogP contribution in [0.15, 0.2) is 59.7 Å². The molecule has 1 N–H and O–H groups in total. The molecule has 3 aromatic rings. The third kappa shape index (κ3) is 4.24. The summed E-state index contributed by atoms with van der Waals surface area (Å²) in [4.78, 5) is 11.9. The highest BCUT2D eigenvalue weighted by Crippen LogP contribution is 2.27. The van der Waals surface area contributed by atoms with Crippen molar-refractivity contribution in [1.29, 1.82) is 0 Å². The van der Waals surface area contributed by atoms with Crippen LogP contribution >= 0.6 is 0 Å². The Morgan fingerprint density at radius 2 is 1.60 bits per heavy atom. The summed E-state index contributed by atoms with van der Waals surface area (Å²) >= 11 is 0. The molecular formula is C22H24N2O. The topological polar surface area (TPSA) is 41.5 Å². The maximum Gasteiger partial charge on any atom is 0.240 e. The summed E-state index contributed by atoms with van der Waals surface area (Å²) in [5.41, 5.74) is 3.71. The van der Waals surface area contributed by atoms with Crippen molar-refractivity contribution < 1.29 is 4.79 Å². The molecule has 0 radical (unpaired) electrons. The van der Waals surface area contributed by atoms with Crippen molar-refractivity contribution in [2.45, 2.75) is 39.0 Å². The summed E-state index contributed by atoms with van der Waals surface area (Å²) in [5.74, 6) is -0.0168. The van der Waals surface area contributed by atoms with Gasteiger partial charge in [-0.3, -0.25) is 4.79 Å². The number of nitrogens with one attached hydrogen (secondary N) is 1. The van der Waals surface area contributed by atoms with Gasteiger partial charge in [-0.2, -0.15) is 5.10 Å². The van der Waals surface area contributed by atoms with Crippen LogP contribution in [0.1, 0.15) is 44.6 Å². The molecule has 0 atom stereocenters. The molecule has 0 unspecified atom stereocenters. The molecular weight excluding hydrogens is 308 g/mol. The van der Waals surface area contributed by atoms with E-state index in [0.717, 1.165) is 29.2 Å². The van der Waals surface area contributed by atoms with Crippen LogP contribution in [0.3, 0.4) is 0 Å². The van der Waals surface area contributed by atoms with E-state index in [4.69, 9.17) is 0 Å². The molecule has 0 aliphatic heterocycles. The zero-order chi connectivity index (χ0) is 17.5. The smallest absolute Gasteiger partial charge is 0.240 e. The first-order chi connectivity index (χ1) is 12.3. The number of nitrogens with zero attached hydrogens (tertiary/aromatic N) is 1. The summed E-state index contributed by atoms with van der Waals surface area (Å²) in [7, 11) is 0. The molecule has 0 heterocycles. The number of fused-ring (bicyclic) bond motifs is 2. The molecule has 0 aliphatic rings. The number of carbonyl (C=O) groups excluding carboxylic acids is 1. The Morgan fingerprint density at radius 1 is 0.960 bits per heavy atom.